The molecule has 1 aliphatic heterocycles. The maximum atomic E-state index is 11.7. The van der Waals surface area contributed by atoms with Gasteiger partial charge in [0, 0.05) is 24.4 Å². The van der Waals surface area contributed by atoms with Crippen molar-refractivity contribution in [1.82, 2.24) is 15.2 Å². The summed E-state index contributed by atoms with van der Waals surface area (Å²) in [6.07, 6.45) is 0.382. The second kappa shape index (κ2) is 4.19. The summed E-state index contributed by atoms with van der Waals surface area (Å²) in [4.78, 5) is 19.9. The van der Waals surface area contributed by atoms with Gasteiger partial charge in [-0.25, -0.2) is 0 Å². The predicted octanol–water partition coefficient (Wildman–Crippen LogP) is 0.776. The molecule has 1 aromatic rings. The molecule has 1 atom stereocenters. The summed E-state index contributed by atoms with van der Waals surface area (Å²) in [5.41, 5.74) is 8.21. The fourth-order valence-electron chi connectivity index (χ4n) is 1.70. The second-order valence-electron chi connectivity index (χ2n) is 3.71. The van der Waals surface area contributed by atoms with Crippen LogP contribution in [0.25, 0.3) is 10.4 Å². The van der Waals surface area contributed by atoms with Crippen LogP contribution in [0.3, 0.4) is 0 Å². The first-order valence-corrected chi connectivity index (χ1v) is 4.91. The zero-order chi connectivity index (χ0) is 11.5. The van der Waals surface area contributed by atoms with Crippen LogP contribution in [-0.4, -0.2) is 34.2 Å². The molecule has 1 amide bonds. The van der Waals surface area contributed by atoms with Crippen molar-refractivity contribution in [2.75, 3.05) is 18.0 Å². The van der Waals surface area contributed by atoms with E-state index >= 15 is 0 Å². The van der Waals surface area contributed by atoms with Crippen molar-refractivity contribution in [2.45, 2.75) is 13.3 Å². The summed E-state index contributed by atoms with van der Waals surface area (Å²) in [5.74, 6) is 1.09. The molecule has 1 aromatic heterocycles. The third kappa shape index (κ3) is 1.96. The third-order valence-electron chi connectivity index (χ3n) is 2.44. The fourth-order valence-corrected chi connectivity index (χ4v) is 1.70. The van der Waals surface area contributed by atoms with Gasteiger partial charge in [-0.15, -0.1) is 5.10 Å². The van der Waals surface area contributed by atoms with E-state index < -0.39 is 0 Å². The Hall–Kier alpha value is -2.08. The van der Waals surface area contributed by atoms with Crippen LogP contribution in [0, 0.1) is 12.8 Å². The Labute approximate surface area is 91.3 Å². The van der Waals surface area contributed by atoms with Gasteiger partial charge in [-0.1, -0.05) is 5.11 Å². The lowest BCUT2D eigenvalue weighted by atomic mass is 10.1. The van der Waals surface area contributed by atoms with E-state index in [1.807, 2.05) is 0 Å². The first-order chi connectivity index (χ1) is 7.70. The Bertz CT molecular complexity index is 447. The number of carbonyl (C=O) groups is 1. The molecule has 0 bridgehead atoms. The maximum Gasteiger partial charge on any atom is 0.251 e. The van der Waals surface area contributed by atoms with Gasteiger partial charge >= 0.3 is 0 Å². The molecule has 1 saturated heterocycles. The molecule has 2 heterocycles. The molecule has 1 aliphatic rings. The molecule has 0 spiro atoms. The number of hydrogen-bond donors (Lipinski definition) is 1. The molecule has 2 rings (SSSR count). The highest BCUT2D eigenvalue weighted by atomic mass is 16.2. The van der Waals surface area contributed by atoms with E-state index in [-0.39, 0.29) is 11.8 Å². The van der Waals surface area contributed by atoms with E-state index in [4.69, 9.17) is 5.53 Å². The smallest absolute Gasteiger partial charge is 0.251 e. The SMILES string of the molecule is Cc1nc(N2CC(CN=[N+]=[N-])CC2=O)n[nH]1. The lowest BCUT2D eigenvalue weighted by Gasteiger charge is -2.10. The summed E-state index contributed by atoms with van der Waals surface area (Å²) in [6, 6.07) is 0. The average molecular weight is 221 g/mol. The van der Waals surface area contributed by atoms with Crippen molar-refractivity contribution in [2.24, 2.45) is 11.0 Å². The lowest BCUT2D eigenvalue weighted by Crippen LogP contribution is -2.26. The van der Waals surface area contributed by atoms with Crippen LogP contribution in [0.5, 0.6) is 0 Å². The van der Waals surface area contributed by atoms with Crippen LogP contribution in [0.2, 0.25) is 0 Å². The van der Waals surface area contributed by atoms with Gasteiger partial charge in [-0.05, 0) is 18.4 Å². The molecule has 1 fully saturated rings. The Balaban J connectivity index is 2.07. The monoisotopic (exact) mass is 221 g/mol. The predicted molar refractivity (Wildman–Crippen MR) is 55.6 cm³/mol. The van der Waals surface area contributed by atoms with Crippen molar-refractivity contribution in [3.63, 3.8) is 0 Å². The molecule has 8 nitrogen and oxygen atoms in total. The number of aryl methyl sites for hydroxylation is 1. The van der Waals surface area contributed by atoms with E-state index in [1.165, 1.54) is 4.90 Å². The number of carbonyl (C=O) groups excluding carboxylic acids is 1. The quantitative estimate of drug-likeness (QED) is 0.462. The summed E-state index contributed by atoms with van der Waals surface area (Å²) < 4.78 is 0. The third-order valence-corrected chi connectivity index (χ3v) is 2.44. The van der Waals surface area contributed by atoms with E-state index in [0.29, 0.717) is 31.3 Å². The number of aromatic amines is 1. The summed E-state index contributed by atoms with van der Waals surface area (Å²) in [7, 11) is 0. The van der Waals surface area contributed by atoms with E-state index in [1.54, 1.807) is 6.92 Å². The van der Waals surface area contributed by atoms with Crippen LogP contribution in [0.15, 0.2) is 5.11 Å². The van der Waals surface area contributed by atoms with Crippen molar-refractivity contribution >= 4 is 11.9 Å². The van der Waals surface area contributed by atoms with Crippen molar-refractivity contribution in [1.29, 1.82) is 0 Å². The van der Waals surface area contributed by atoms with Gasteiger partial charge in [0.05, 0.1) is 0 Å². The number of nitrogens with one attached hydrogen (secondary N) is 1. The highest BCUT2D eigenvalue weighted by Crippen LogP contribution is 2.22. The number of hydrogen-bond acceptors (Lipinski definition) is 4. The van der Waals surface area contributed by atoms with Crippen molar-refractivity contribution in [3.05, 3.63) is 16.3 Å². The second-order valence-corrected chi connectivity index (χ2v) is 3.71. The Kier molecular flexibility index (Phi) is 2.74. The van der Waals surface area contributed by atoms with Crippen LogP contribution in [-0.2, 0) is 4.79 Å². The minimum atomic E-state index is -0.0304. The first-order valence-electron chi connectivity index (χ1n) is 4.91. The molecule has 0 aliphatic carbocycles. The highest BCUT2D eigenvalue weighted by Gasteiger charge is 2.32. The minimum Gasteiger partial charge on any atom is -0.279 e. The van der Waals surface area contributed by atoms with Crippen LogP contribution < -0.4 is 4.90 Å². The molecular formula is C8H11N7O. The molecule has 16 heavy (non-hydrogen) atoms. The zero-order valence-corrected chi connectivity index (χ0v) is 8.79. The standard InChI is InChI=1S/C8H11N7O/c1-5-11-8(13-12-5)15-4-6(2-7(15)16)3-10-14-9/h6H,2-4H2,1H3,(H,11,12,13). The number of azide groups is 1. The summed E-state index contributed by atoms with van der Waals surface area (Å²) in [6.45, 7) is 2.62. The molecular weight excluding hydrogens is 210 g/mol. The van der Waals surface area contributed by atoms with Crippen LogP contribution >= 0.6 is 0 Å². The molecule has 1 unspecified atom stereocenters. The normalized spacial score (nSPS) is 19.9. The topological polar surface area (TPSA) is 111 Å². The molecule has 0 radical (unpaired) electrons. The Morgan fingerprint density at radius 3 is 3.19 bits per heavy atom. The highest BCUT2D eigenvalue weighted by molar-refractivity contribution is 5.94. The van der Waals surface area contributed by atoms with Crippen LogP contribution in [0.1, 0.15) is 12.2 Å². The largest absolute Gasteiger partial charge is 0.279 e. The van der Waals surface area contributed by atoms with Gasteiger partial charge in [-0.3, -0.25) is 14.8 Å². The number of anilines is 1. The zero-order valence-electron chi connectivity index (χ0n) is 8.79. The Morgan fingerprint density at radius 1 is 1.75 bits per heavy atom. The fraction of sp³-hybridized carbons (Fsp3) is 0.625. The minimum absolute atomic E-state index is 0.0304. The number of aromatic nitrogens is 3. The number of rotatable bonds is 3. The van der Waals surface area contributed by atoms with Gasteiger partial charge in [0.25, 0.3) is 5.95 Å². The molecule has 1 N–H and O–H groups in total. The number of H-pyrrole nitrogens is 1. The average Bonchev–Trinajstić information content (AvgIpc) is 2.82. The van der Waals surface area contributed by atoms with Crippen molar-refractivity contribution in [3.8, 4) is 0 Å². The Morgan fingerprint density at radius 2 is 2.56 bits per heavy atom. The van der Waals surface area contributed by atoms with Gasteiger partial charge < -0.3 is 0 Å². The van der Waals surface area contributed by atoms with Gasteiger partial charge in [0.2, 0.25) is 5.91 Å². The number of amides is 1. The molecule has 0 saturated carbocycles. The first kappa shape index (κ1) is 10.4. The van der Waals surface area contributed by atoms with Crippen molar-refractivity contribution < 1.29 is 4.79 Å². The van der Waals surface area contributed by atoms with Gasteiger partial charge in [0.1, 0.15) is 5.82 Å². The van der Waals surface area contributed by atoms with E-state index in [2.05, 4.69) is 25.2 Å². The number of nitrogens with zero attached hydrogens (tertiary/aromatic N) is 6. The summed E-state index contributed by atoms with van der Waals surface area (Å²) in [5, 5.41) is 10.1. The summed E-state index contributed by atoms with van der Waals surface area (Å²) >= 11 is 0. The van der Waals surface area contributed by atoms with E-state index in [0.717, 1.165) is 0 Å². The van der Waals surface area contributed by atoms with Gasteiger partial charge in [-0.2, -0.15) is 4.98 Å². The maximum absolute atomic E-state index is 11.7. The molecule has 84 valence electrons. The lowest BCUT2D eigenvalue weighted by molar-refractivity contribution is -0.117. The van der Waals surface area contributed by atoms with Crippen LogP contribution in [0.4, 0.5) is 5.95 Å². The molecule has 0 aromatic carbocycles. The molecule has 8 heteroatoms. The van der Waals surface area contributed by atoms with E-state index in [9.17, 15) is 4.79 Å². The van der Waals surface area contributed by atoms with Gasteiger partial charge in [0.15, 0.2) is 0 Å².